The van der Waals surface area contributed by atoms with E-state index in [0.717, 1.165) is 39.0 Å². The Kier molecular flexibility index (Phi) is 8.46. The quantitative estimate of drug-likeness (QED) is 0.871. The van der Waals surface area contributed by atoms with E-state index in [2.05, 4.69) is 17.0 Å². The Morgan fingerprint density at radius 2 is 1.91 bits per heavy atom. The van der Waals surface area contributed by atoms with Crippen LogP contribution in [0.3, 0.4) is 0 Å². The van der Waals surface area contributed by atoms with Gasteiger partial charge in [-0.25, -0.2) is 0 Å². The van der Waals surface area contributed by atoms with Crippen molar-refractivity contribution in [2.45, 2.75) is 26.3 Å². The number of amides is 1. The van der Waals surface area contributed by atoms with Crippen molar-refractivity contribution >= 4 is 18.3 Å². The maximum Gasteiger partial charge on any atom is 0.237 e. The first-order valence-corrected chi connectivity index (χ1v) is 7.97. The van der Waals surface area contributed by atoms with E-state index in [9.17, 15) is 4.79 Å². The predicted molar refractivity (Wildman–Crippen MR) is 93.0 cm³/mol. The van der Waals surface area contributed by atoms with Crippen molar-refractivity contribution in [2.24, 2.45) is 11.7 Å². The fourth-order valence-corrected chi connectivity index (χ4v) is 2.85. The Bertz CT molecular complexity index is 433. The van der Waals surface area contributed by atoms with Crippen LogP contribution in [0, 0.1) is 5.92 Å². The highest BCUT2D eigenvalue weighted by molar-refractivity contribution is 5.85. The molecule has 0 atom stereocenters. The number of hydrogen-bond acceptors (Lipinski definition) is 3. The van der Waals surface area contributed by atoms with Gasteiger partial charge in [0.1, 0.15) is 0 Å². The van der Waals surface area contributed by atoms with Crippen LogP contribution >= 0.6 is 12.4 Å². The molecule has 1 aromatic carbocycles. The van der Waals surface area contributed by atoms with E-state index in [0.29, 0.717) is 19.0 Å². The largest absolute Gasteiger partial charge is 0.338 e. The number of piperidine rings is 1. The van der Waals surface area contributed by atoms with Crippen LogP contribution in [0.2, 0.25) is 0 Å². The summed E-state index contributed by atoms with van der Waals surface area (Å²) in [6.07, 6.45) is 2.24. The van der Waals surface area contributed by atoms with Crippen LogP contribution in [0.1, 0.15) is 25.3 Å². The minimum atomic E-state index is 0. The van der Waals surface area contributed by atoms with E-state index in [1.54, 1.807) is 0 Å². The topological polar surface area (TPSA) is 49.6 Å². The van der Waals surface area contributed by atoms with E-state index < -0.39 is 0 Å². The van der Waals surface area contributed by atoms with E-state index in [1.807, 2.05) is 30.0 Å². The van der Waals surface area contributed by atoms with Crippen molar-refractivity contribution < 1.29 is 4.79 Å². The zero-order valence-electron chi connectivity index (χ0n) is 13.4. The zero-order valence-corrected chi connectivity index (χ0v) is 14.2. The Hall–Kier alpha value is -1.10. The lowest BCUT2D eigenvalue weighted by molar-refractivity contribution is -0.133. The SMILES string of the molecule is CCN(Cc1ccccc1)C(=O)CN1CCC(CN)CC1.Cl. The molecule has 1 amide bonds. The average molecular weight is 326 g/mol. The maximum atomic E-state index is 12.5. The van der Waals surface area contributed by atoms with E-state index in [4.69, 9.17) is 5.73 Å². The highest BCUT2D eigenvalue weighted by Crippen LogP contribution is 2.16. The number of carbonyl (C=O) groups excluding carboxylic acids is 1. The summed E-state index contributed by atoms with van der Waals surface area (Å²) in [5, 5.41) is 0. The normalized spacial score (nSPS) is 16.1. The summed E-state index contributed by atoms with van der Waals surface area (Å²) >= 11 is 0. The second kappa shape index (κ2) is 9.82. The first kappa shape index (κ1) is 18.9. The molecule has 22 heavy (non-hydrogen) atoms. The first-order chi connectivity index (χ1) is 10.2. The molecule has 1 fully saturated rings. The molecule has 0 radical (unpaired) electrons. The lowest BCUT2D eigenvalue weighted by Gasteiger charge is -2.32. The molecule has 0 spiro atoms. The van der Waals surface area contributed by atoms with Crippen LogP contribution < -0.4 is 5.73 Å². The molecule has 5 heteroatoms. The van der Waals surface area contributed by atoms with Crippen molar-refractivity contribution in [2.75, 3.05) is 32.7 Å². The van der Waals surface area contributed by atoms with E-state index in [-0.39, 0.29) is 18.3 Å². The molecule has 1 aromatic rings. The Balaban J connectivity index is 0.00000242. The number of rotatable bonds is 6. The van der Waals surface area contributed by atoms with Crippen LogP contribution in [0.25, 0.3) is 0 Å². The van der Waals surface area contributed by atoms with Gasteiger partial charge < -0.3 is 10.6 Å². The summed E-state index contributed by atoms with van der Waals surface area (Å²) in [6, 6.07) is 10.2. The molecule has 124 valence electrons. The van der Waals surface area contributed by atoms with Gasteiger partial charge in [0.25, 0.3) is 0 Å². The van der Waals surface area contributed by atoms with Crippen LogP contribution in [0.5, 0.6) is 0 Å². The lowest BCUT2D eigenvalue weighted by Crippen LogP contribution is -2.43. The van der Waals surface area contributed by atoms with Crippen molar-refractivity contribution in [3.05, 3.63) is 35.9 Å². The van der Waals surface area contributed by atoms with Crippen LogP contribution in [-0.4, -0.2) is 48.4 Å². The number of nitrogens with zero attached hydrogens (tertiary/aromatic N) is 2. The van der Waals surface area contributed by atoms with Gasteiger partial charge >= 0.3 is 0 Å². The van der Waals surface area contributed by atoms with Gasteiger partial charge in [0, 0.05) is 13.1 Å². The molecule has 0 aromatic heterocycles. The molecule has 0 aliphatic carbocycles. The molecule has 2 N–H and O–H groups in total. The molecule has 2 rings (SSSR count). The number of benzene rings is 1. The third-order valence-corrected chi connectivity index (χ3v) is 4.35. The zero-order chi connectivity index (χ0) is 15.1. The molecule has 0 bridgehead atoms. The van der Waals surface area contributed by atoms with Gasteiger partial charge in [0.15, 0.2) is 0 Å². The molecule has 1 heterocycles. The van der Waals surface area contributed by atoms with E-state index >= 15 is 0 Å². The Morgan fingerprint density at radius 3 is 2.45 bits per heavy atom. The molecule has 1 aliphatic rings. The van der Waals surface area contributed by atoms with Gasteiger partial charge in [-0.3, -0.25) is 9.69 Å². The number of likely N-dealkylation sites (tertiary alicyclic amines) is 1. The summed E-state index contributed by atoms with van der Waals surface area (Å²) in [5.74, 6) is 0.871. The monoisotopic (exact) mass is 325 g/mol. The summed E-state index contributed by atoms with van der Waals surface area (Å²) in [6.45, 7) is 6.81. The average Bonchev–Trinajstić information content (AvgIpc) is 2.54. The Morgan fingerprint density at radius 1 is 1.27 bits per heavy atom. The molecule has 1 saturated heterocycles. The van der Waals surface area contributed by atoms with Crippen LogP contribution in [0.4, 0.5) is 0 Å². The molecular formula is C17H28ClN3O. The van der Waals surface area contributed by atoms with Gasteiger partial charge in [-0.2, -0.15) is 0 Å². The van der Waals surface area contributed by atoms with Crippen LogP contribution in [0.15, 0.2) is 30.3 Å². The van der Waals surface area contributed by atoms with Gasteiger partial charge in [-0.1, -0.05) is 30.3 Å². The van der Waals surface area contributed by atoms with Gasteiger partial charge in [0.2, 0.25) is 5.91 Å². The lowest BCUT2D eigenvalue weighted by atomic mass is 9.97. The standard InChI is InChI=1S/C17H27N3O.ClH/c1-2-20(13-16-6-4-3-5-7-16)17(21)14-19-10-8-15(12-18)9-11-19;/h3-7,15H,2,8-14,18H2,1H3;1H. The molecule has 4 nitrogen and oxygen atoms in total. The highest BCUT2D eigenvalue weighted by Gasteiger charge is 2.21. The van der Waals surface area contributed by atoms with Gasteiger partial charge in [-0.05, 0) is 50.9 Å². The summed E-state index contributed by atoms with van der Waals surface area (Å²) in [7, 11) is 0. The molecular weight excluding hydrogens is 298 g/mol. The predicted octanol–water partition coefficient (Wildman–Crippen LogP) is 2.13. The second-order valence-electron chi connectivity index (χ2n) is 5.85. The second-order valence-corrected chi connectivity index (χ2v) is 5.85. The van der Waals surface area contributed by atoms with Crippen molar-refractivity contribution in [3.63, 3.8) is 0 Å². The van der Waals surface area contributed by atoms with Gasteiger partial charge in [-0.15, -0.1) is 12.4 Å². The molecule has 0 saturated carbocycles. The number of carbonyl (C=O) groups is 1. The first-order valence-electron chi connectivity index (χ1n) is 7.97. The van der Waals surface area contributed by atoms with Gasteiger partial charge in [0.05, 0.1) is 6.54 Å². The molecule has 0 unspecified atom stereocenters. The number of nitrogens with two attached hydrogens (primary N) is 1. The summed E-state index contributed by atoms with van der Waals surface area (Å²) < 4.78 is 0. The number of likely N-dealkylation sites (N-methyl/N-ethyl adjacent to an activating group) is 1. The van der Waals surface area contributed by atoms with E-state index in [1.165, 1.54) is 5.56 Å². The van der Waals surface area contributed by atoms with Crippen molar-refractivity contribution in [1.82, 2.24) is 9.80 Å². The Labute approximate surface area is 140 Å². The minimum Gasteiger partial charge on any atom is -0.338 e. The molecule has 1 aliphatic heterocycles. The number of halogens is 1. The summed E-state index contributed by atoms with van der Waals surface area (Å²) in [5.41, 5.74) is 6.90. The smallest absolute Gasteiger partial charge is 0.237 e. The third kappa shape index (κ3) is 5.59. The minimum absolute atomic E-state index is 0. The number of hydrogen-bond donors (Lipinski definition) is 1. The van der Waals surface area contributed by atoms with Crippen molar-refractivity contribution in [1.29, 1.82) is 0 Å². The third-order valence-electron chi connectivity index (χ3n) is 4.35. The fourth-order valence-electron chi connectivity index (χ4n) is 2.85. The fraction of sp³-hybridized carbons (Fsp3) is 0.588. The van der Waals surface area contributed by atoms with Crippen LogP contribution in [-0.2, 0) is 11.3 Å². The maximum absolute atomic E-state index is 12.5. The highest BCUT2D eigenvalue weighted by atomic mass is 35.5. The van der Waals surface area contributed by atoms with Crippen molar-refractivity contribution in [3.8, 4) is 0 Å². The summed E-state index contributed by atoms with van der Waals surface area (Å²) in [4.78, 5) is 16.7.